The van der Waals surface area contributed by atoms with Gasteiger partial charge in [-0.15, -0.1) is 6.58 Å². The van der Waals surface area contributed by atoms with Crippen molar-refractivity contribution in [3.63, 3.8) is 0 Å². The first kappa shape index (κ1) is 14.2. The molecule has 0 aliphatic heterocycles. The number of halogens is 1. The Labute approximate surface area is 109 Å². The number of rotatable bonds is 8. The van der Waals surface area contributed by atoms with E-state index in [1.54, 1.807) is 0 Å². The van der Waals surface area contributed by atoms with Crippen molar-refractivity contribution in [2.75, 3.05) is 19.8 Å². The highest BCUT2D eigenvalue weighted by Gasteiger charge is 2.07. The predicted octanol–water partition coefficient (Wildman–Crippen LogP) is 3.58. The van der Waals surface area contributed by atoms with Crippen molar-refractivity contribution in [3.05, 3.63) is 47.5 Å². The third kappa shape index (κ3) is 5.35. The van der Waals surface area contributed by atoms with Crippen molar-refractivity contribution >= 4 is 11.6 Å². The normalized spacial score (nSPS) is 12.4. The molecule has 0 spiro atoms. The van der Waals surface area contributed by atoms with Crippen LogP contribution in [0.4, 0.5) is 0 Å². The summed E-state index contributed by atoms with van der Waals surface area (Å²) >= 11 is 6.12. The van der Waals surface area contributed by atoms with Crippen LogP contribution in [-0.4, -0.2) is 19.8 Å². The Morgan fingerprint density at radius 1 is 1.41 bits per heavy atom. The summed E-state index contributed by atoms with van der Waals surface area (Å²) in [5, 5.41) is 4.19. The van der Waals surface area contributed by atoms with Crippen molar-refractivity contribution < 1.29 is 4.74 Å². The number of hydrogen-bond acceptors (Lipinski definition) is 2. The van der Waals surface area contributed by atoms with Crippen LogP contribution in [-0.2, 0) is 4.74 Å². The van der Waals surface area contributed by atoms with E-state index in [1.165, 1.54) is 0 Å². The fraction of sp³-hybridized carbons (Fsp3) is 0.429. The summed E-state index contributed by atoms with van der Waals surface area (Å²) in [6.07, 6.45) is 2.76. The van der Waals surface area contributed by atoms with E-state index < -0.39 is 0 Å². The SMILES string of the molecule is C=CCCOCCNC(C)c1ccccc1Cl. The molecule has 17 heavy (non-hydrogen) atoms. The quantitative estimate of drug-likeness (QED) is 0.565. The van der Waals surface area contributed by atoms with Gasteiger partial charge in [0.1, 0.15) is 0 Å². The molecule has 94 valence electrons. The fourth-order valence-electron chi connectivity index (χ4n) is 1.55. The zero-order chi connectivity index (χ0) is 12.5. The molecular weight excluding hydrogens is 234 g/mol. The van der Waals surface area contributed by atoms with Crippen molar-refractivity contribution in [2.24, 2.45) is 0 Å². The second-order valence-electron chi connectivity index (χ2n) is 3.89. The third-order valence-electron chi connectivity index (χ3n) is 2.53. The number of hydrogen-bond donors (Lipinski definition) is 1. The summed E-state index contributed by atoms with van der Waals surface area (Å²) in [6.45, 7) is 8.02. The number of ether oxygens (including phenoxy) is 1. The molecule has 0 fully saturated rings. The van der Waals surface area contributed by atoms with Crippen LogP contribution in [0.1, 0.15) is 24.9 Å². The van der Waals surface area contributed by atoms with Crippen LogP contribution in [0.15, 0.2) is 36.9 Å². The highest BCUT2D eigenvalue weighted by atomic mass is 35.5. The second kappa shape index (κ2) is 8.29. The van der Waals surface area contributed by atoms with E-state index in [0.29, 0.717) is 6.61 Å². The van der Waals surface area contributed by atoms with Gasteiger partial charge in [0.25, 0.3) is 0 Å². The predicted molar refractivity (Wildman–Crippen MR) is 73.5 cm³/mol. The molecule has 2 nitrogen and oxygen atoms in total. The van der Waals surface area contributed by atoms with Crippen molar-refractivity contribution in [3.8, 4) is 0 Å². The van der Waals surface area contributed by atoms with Gasteiger partial charge in [-0.1, -0.05) is 35.9 Å². The van der Waals surface area contributed by atoms with Crippen LogP contribution < -0.4 is 5.32 Å². The third-order valence-corrected chi connectivity index (χ3v) is 2.88. The average molecular weight is 254 g/mol. The average Bonchev–Trinajstić information content (AvgIpc) is 2.34. The molecule has 0 saturated carbocycles. The Kier molecular flexibility index (Phi) is 6.94. The van der Waals surface area contributed by atoms with Gasteiger partial charge in [0.15, 0.2) is 0 Å². The first-order chi connectivity index (χ1) is 8.25. The summed E-state index contributed by atoms with van der Waals surface area (Å²) in [5.74, 6) is 0. The molecule has 0 bridgehead atoms. The topological polar surface area (TPSA) is 21.3 Å². The summed E-state index contributed by atoms with van der Waals surface area (Å²) in [5.41, 5.74) is 1.13. The molecule has 0 amide bonds. The Bertz CT molecular complexity index is 341. The standard InChI is InChI=1S/C14H20ClNO/c1-3-4-10-17-11-9-16-12(2)13-7-5-6-8-14(13)15/h3,5-8,12,16H,1,4,9-11H2,2H3. The van der Waals surface area contributed by atoms with Gasteiger partial charge in [-0.05, 0) is 25.0 Å². The molecule has 1 unspecified atom stereocenters. The van der Waals surface area contributed by atoms with E-state index in [0.717, 1.165) is 30.2 Å². The highest BCUT2D eigenvalue weighted by Crippen LogP contribution is 2.21. The van der Waals surface area contributed by atoms with Gasteiger partial charge in [-0.3, -0.25) is 0 Å². The molecule has 1 aromatic rings. The van der Waals surface area contributed by atoms with Crippen LogP contribution in [0.2, 0.25) is 5.02 Å². The van der Waals surface area contributed by atoms with E-state index in [9.17, 15) is 0 Å². The maximum Gasteiger partial charge on any atom is 0.0591 e. The smallest absolute Gasteiger partial charge is 0.0591 e. The molecule has 0 aliphatic carbocycles. The van der Waals surface area contributed by atoms with E-state index in [4.69, 9.17) is 16.3 Å². The zero-order valence-corrected chi connectivity index (χ0v) is 11.0. The van der Waals surface area contributed by atoms with Crippen LogP contribution in [0.3, 0.4) is 0 Å². The molecule has 0 saturated heterocycles. The molecule has 3 heteroatoms. The summed E-state index contributed by atoms with van der Waals surface area (Å²) in [6, 6.07) is 8.14. The second-order valence-corrected chi connectivity index (χ2v) is 4.29. The molecule has 1 rings (SSSR count). The molecule has 0 heterocycles. The minimum atomic E-state index is 0.242. The Morgan fingerprint density at radius 3 is 2.88 bits per heavy atom. The van der Waals surface area contributed by atoms with Gasteiger partial charge in [-0.25, -0.2) is 0 Å². The van der Waals surface area contributed by atoms with Gasteiger partial charge in [0.05, 0.1) is 13.2 Å². The zero-order valence-electron chi connectivity index (χ0n) is 10.3. The lowest BCUT2D eigenvalue weighted by atomic mass is 10.1. The molecule has 1 N–H and O–H groups in total. The van der Waals surface area contributed by atoms with E-state index in [1.807, 2.05) is 30.3 Å². The molecule has 1 atom stereocenters. The van der Waals surface area contributed by atoms with Crippen molar-refractivity contribution in [1.29, 1.82) is 0 Å². The summed E-state index contributed by atoms with van der Waals surface area (Å²) < 4.78 is 5.42. The van der Waals surface area contributed by atoms with Gasteiger partial charge in [0.2, 0.25) is 0 Å². The Hall–Kier alpha value is -0.830. The van der Waals surface area contributed by atoms with Gasteiger partial charge >= 0.3 is 0 Å². The lowest BCUT2D eigenvalue weighted by Gasteiger charge is -2.15. The van der Waals surface area contributed by atoms with Crippen molar-refractivity contribution in [2.45, 2.75) is 19.4 Å². The summed E-state index contributed by atoms with van der Waals surface area (Å²) in [7, 11) is 0. The molecule has 1 aromatic carbocycles. The Morgan fingerprint density at radius 2 is 2.18 bits per heavy atom. The van der Waals surface area contributed by atoms with Crippen molar-refractivity contribution in [1.82, 2.24) is 5.32 Å². The van der Waals surface area contributed by atoms with Gasteiger partial charge in [-0.2, -0.15) is 0 Å². The number of benzene rings is 1. The summed E-state index contributed by atoms with van der Waals surface area (Å²) in [4.78, 5) is 0. The maximum atomic E-state index is 6.12. The van der Waals surface area contributed by atoms with Crippen LogP contribution in [0, 0.1) is 0 Å². The molecule has 0 radical (unpaired) electrons. The van der Waals surface area contributed by atoms with E-state index in [-0.39, 0.29) is 6.04 Å². The maximum absolute atomic E-state index is 6.12. The van der Waals surface area contributed by atoms with E-state index >= 15 is 0 Å². The minimum Gasteiger partial charge on any atom is -0.380 e. The first-order valence-corrected chi connectivity index (χ1v) is 6.30. The van der Waals surface area contributed by atoms with E-state index in [2.05, 4.69) is 18.8 Å². The lowest BCUT2D eigenvalue weighted by Crippen LogP contribution is -2.23. The lowest BCUT2D eigenvalue weighted by molar-refractivity contribution is 0.138. The highest BCUT2D eigenvalue weighted by molar-refractivity contribution is 6.31. The minimum absolute atomic E-state index is 0.242. The number of nitrogens with one attached hydrogen (secondary N) is 1. The van der Waals surface area contributed by atoms with Crippen LogP contribution >= 0.6 is 11.6 Å². The van der Waals surface area contributed by atoms with Crippen LogP contribution in [0.5, 0.6) is 0 Å². The largest absolute Gasteiger partial charge is 0.380 e. The molecular formula is C14H20ClNO. The Balaban J connectivity index is 2.23. The van der Waals surface area contributed by atoms with Gasteiger partial charge in [0, 0.05) is 17.6 Å². The van der Waals surface area contributed by atoms with Gasteiger partial charge < -0.3 is 10.1 Å². The monoisotopic (exact) mass is 253 g/mol. The molecule has 0 aromatic heterocycles. The fourth-order valence-corrected chi connectivity index (χ4v) is 1.85. The van der Waals surface area contributed by atoms with Crippen LogP contribution in [0.25, 0.3) is 0 Å². The molecule has 0 aliphatic rings. The first-order valence-electron chi connectivity index (χ1n) is 5.92.